The SMILES string of the molecule is CCc1ccnc(-c2c[nH]c(=O)c(NC3CN(C(=O)/C=C/CN)C3)c2)c1. The first-order chi connectivity index (χ1) is 12.6. The second kappa shape index (κ2) is 7.97. The average Bonchev–Trinajstić information content (AvgIpc) is 2.63. The van der Waals surface area contributed by atoms with Crippen LogP contribution in [0.3, 0.4) is 0 Å². The summed E-state index contributed by atoms with van der Waals surface area (Å²) >= 11 is 0. The van der Waals surface area contributed by atoms with Crippen LogP contribution in [0.1, 0.15) is 12.5 Å². The van der Waals surface area contributed by atoms with E-state index in [9.17, 15) is 9.59 Å². The molecule has 7 nitrogen and oxygen atoms in total. The molecule has 3 rings (SSSR count). The van der Waals surface area contributed by atoms with Crippen molar-refractivity contribution < 1.29 is 4.79 Å². The maximum absolute atomic E-state index is 12.1. The Labute approximate surface area is 151 Å². The van der Waals surface area contributed by atoms with Crippen LogP contribution >= 0.6 is 0 Å². The molecule has 1 saturated heterocycles. The number of carbonyl (C=O) groups excluding carboxylic acids is 1. The van der Waals surface area contributed by atoms with Gasteiger partial charge in [0.15, 0.2) is 0 Å². The van der Waals surface area contributed by atoms with Crippen LogP contribution in [-0.2, 0) is 11.2 Å². The van der Waals surface area contributed by atoms with E-state index in [1.165, 1.54) is 11.6 Å². The minimum absolute atomic E-state index is 0.0523. The smallest absolute Gasteiger partial charge is 0.271 e. The van der Waals surface area contributed by atoms with E-state index in [-0.39, 0.29) is 17.5 Å². The standard InChI is InChI=1S/C19H23N5O2/c1-2-13-5-7-21-16(8-13)14-9-17(19(26)22-10-14)23-15-11-24(12-15)18(25)4-3-6-20/h3-5,7-10,15,23H,2,6,11-12,20H2,1H3,(H,22,26)/b4-3+. The lowest BCUT2D eigenvalue weighted by atomic mass is 10.1. The van der Waals surface area contributed by atoms with Crippen molar-refractivity contribution in [1.29, 1.82) is 0 Å². The van der Waals surface area contributed by atoms with Gasteiger partial charge < -0.3 is 20.9 Å². The quantitative estimate of drug-likeness (QED) is 0.676. The Hall–Kier alpha value is -2.93. The Kier molecular flexibility index (Phi) is 5.48. The van der Waals surface area contributed by atoms with Crippen molar-refractivity contribution in [3.63, 3.8) is 0 Å². The highest BCUT2D eigenvalue weighted by atomic mass is 16.2. The number of aromatic nitrogens is 2. The Morgan fingerprint density at radius 2 is 2.27 bits per heavy atom. The molecule has 0 unspecified atom stereocenters. The normalized spacial score (nSPS) is 14.5. The van der Waals surface area contributed by atoms with Gasteiger partial charge in [-0.05, 0) is 30.2 Å². The molecule has 0 aromatic carbocycles. The highest BCUT2D eigenvalue weighted by Crippen LogP contribution is 2.20. The van der Waals surface area contributed by atoms with Crippen molar-refractivity contribution >= 4 is 11.6 Å². The van der Waals surface area contributed by atoms with Gasteiger partial charge in [-0.1, -0.05) is 13.0 Å². The fraction of sp³-hybridized carbons (Fsp3) is 0.316. The lowest BCUT2D eigenvalue weighted by molar-refractivity contribution is -0.129. The van der Waals surface area contributed by atoms with E-state index in [1.54, 1.807) is 29.4 Å². The van der Waals surface area contributed by atoms with E-state index in [4.69, 9.17) is 5.73 Å². The van der Waals surface area contributed by atoms with Gasteiger partial charge in [0, 0.05) is 43.7 Å². The topological polar surface area (TPSA) is 104 Å². The zero-order valence-electron chi connectivity index (χ0n) is 14.7. The van der Waals surface area contributed by atoms with Crippen LogP contribution in [0.15, 0.2) is 47.5 Å². The van der Waals surface area contributed by atoms with E-state index in [1.807, 2.05) is 12.1 Å². The number of nitrogens with two attached hydrogens (primary N) is 1. The fourth-order valence-corrected chi connectivity index (χ4v) is 2.83. The lowest BCUT2D eigenvalue weighted by Crippen LogP contribution is -2.57. The molecule has 1 aliphatic heterocycles. The second-order valence-electron chi connectivity index (χ2n) is 6.26. The number of aromatic amines is 1. The number of nitrogens with zero attached hydrogens (tertiary/aromatic N) is 2. The maximum atomic E-state index is 12.1. The number of amides is 1. The number of aryl methyl sites for hydroxylation is 1. The molecule has 136 valence electrons. The number of anilines is 1. The average molecular weight is 353 g/mol. The third kappa shape index (κ3) is 4.00. The van der Waals surface area contributed by atoms with Crippen molar-refractivity contribution in [2.45, 2.75) is 19.4 Å². The number of hydrogen-bond acceptors (Lipinski definition) is 5. The van der Waals surface area contributed by atoms with E-state index in [2.05, 4.69) is 22.2 Å². The number of rotatable bonds is 6. The Balaban J connectivity index is 1.69. The summed E-state index contributed by atoms with van der Waals surface area (Å²) in [6.07, 6.45) is 7.49. The van der Waals surface area contributed by atoms with Gasteiger partial charge >= 0.3 is 0 Å². The molecule has 0 spiro atoms. The van der Waals surface area contributed by atoms with Gasteiger partial charge in [0.1, 0.15) is 5.69 Å². The molecule has 2 aromatic heterocycles. The van der Waals surface area contributed by atoms with Crippen LogP contribution in [0.4, 0.5) is 5.69 Å². The van der Waals surface area contributed by atoms with Crippen LogP contribution in [0.5, 0.6) is 0 Å². The van der Waals surface area contributed by atoms with Crippen molar-refractivity contribution in [3.05, 3.63) is 58.7 Å². The summed E-state index contributed by atoms with van der Waals surface area (Å²) in [5, 5.41) is 3.21. The summed E-state index contributed by atoms with van der Waals surface area (Å²) < 4.78 is 0. The van der Waals surface area contributed by atoms with Crippen LogP contribution in [-0.4, -0.2) is 46.5 Å². The van der Waals surface area contributed by atoms with Crippen molar-refractivity contribution in [2.24, 2.45) is 5.73 Å². The van der Waals surface area contributed by atoms with E-state index in [0.717, 1.165) is 17.7 Å². The van der Waals surface area contributed by atoms with Gasteiger partial charge in [-0.25, -0.2) is 0 Å². The van der Waals surface area contributed by atoms with Crippen molar-refractivity contribution in [2.75, 3.05) is 25.0 Å². The highest BCUT2D eigenvalue weighted by Gasteiger charge is 2.29. The first-order valence-electron chi connectivity index (χ1n) is 8.70. The van der Waals surface area contributed by atoms with Crippen molar-refractivity contribution in [3.8, 4) is 11.3 Å². The van der Waals surface area contributed by atoms with Gasteiger partial charge in [-0.2, -0.15) is 0 Å². The number of hydrogen-bond donors (Lipinski definition) is 3. The van der Waals surface area contributed by atoms with E-state index >= 15 is 0 Å². The van der Waals surface area contributed by atoms with Crippen LogP contribution < -0.4 is 16.6 Å². The molecule has 1 amide bonds. The van der Waals surface area contributed by atoms with Gasteiger partial charge in [0.25, 0.3) is 5.56 Å². The zero-order valence-corrected chi connectivity index (χ0v) is 14.7. The molecule has 7 heteroatoms. The van der Waals surface area contributed by atoms with Crippen LogP contribution in [0.2, 0.25) is 0 Å². The van der Waals surface area contributed by atoms with Crippen LogP contribution in [0.25, 0.3) is 11.3 Å². The molecule has 0 radical (unpaired) electrons. The molecular formula is C19H23N5O2. The first kappa shape index (κ1) is 17.9. The Morgan fingerprint density at radius 1 is 1.46 bits per heavy atom. The molecule has 2 aromatic rings. The largest absolute Gasteiger partial charge is 0.374 e. The minimum Gasteiger partial charge on any atom is -0.374 e. The predicted octanol–water partition coefficient (Wildman–Crippen LogP) is 1.14. The minimum atomic E-state index is -0.187. The number of likely N-dealkylation sites (tertiary alicyclic amines) is 1. The molecule has 0 aliphatic carbocycles. The second-order valence-corrected chi connectivity index (χ2v) is 6.26. The summed E-state index contributed by atoms with van der Waals surface area (Å²) in [6.45, 7) is 3.55. The van der Waals surface area contributed by atoms with Crippen molar-refractivity contribution in [1.82, 2.24) is 14.9 Å². The molecular weight excluding hydrogens is 330 g/mol. The molecule has 0 bridgehead atoms. The number of H-pyrrole nitrogens is 1. The summed E-state index contributed by atoms with van der Waals surface area (Å²) in [5.74, 6) is -0.0586. The molecule has 26 heavy (non-hydrogen) atoms. The Bertz CT molecular complexity index is 868. The first-order valence-corrected chi connectivity index (χ1v) is 8.70. The van der Waals surface area contributed by atoms with E-state index in [0.29, 0.717) is 25.3 Å². The lowest BCUT2D eigenvalue weighted by Gasteiger charge is -2.39. The number of nitrogens with one attached hydrogen (secondary N) is 2. The summed E-state index contributed by atoms with van der Waals surface area (Å²) in [7, 11) is 0. The number of carbonyl (C=O) groups is 1. The summed E-state index contributed by atoms with van der Waals surface area (Å²) in [5.41, 5.74) is 8.51. The van der Waals surface area contributed by atoms with Gasteiger partial charge in [-0.15, -0.1) is 0 Å². The van der Waals surface area contributed by atoms with E-state index < -0.39 is 0 Å². The zero-order chi connectivity index (χ0) is 18.5. The third-order valence-corrected chi connectivity index (χ3v) is 4.38. The molecule has 3 heterocycles. The molecule has 1 aliphatic rings. The van der Waals surface area contributed by atoms with Crippen LogP contribution in [0, 0.1) is 0 Å². The van der Waals surface area contributed by atoms with Gasteiger partial charge in [0.2, 0.25) is 5.91 Å². The fourth-order valence-electron chi connectivity index (χ4n) is 2.83. The molecule has 0 atom stereocenters. The monoisotopic (exact) mass is 353 g/mol. The highest BCUT2D eigenvalue weighted by molar-refractivity contribution is 5.88. The van der Waals surface area contributed by atoms with Gasteiger partial charge in [-0.3, -0.25) is 14.6 Å². The third-order valence-electron chi connectivity index (χ3n) is 4.38. The molecule has 0 saturated carbocycles. The molecule has 4 N–H and O–H groups in total. The maximum Gasteiger partial charge on any atom is 0.271 e. The summed E-state index contributed by atoms with van der Waals surface area (Å²) in [6, 6.07) is 5.86. The number of pyridine rings is 2. The summed E-state index contributed by atoms with van der Waals surface area (Å²) in [4.78, 5) is 32.8. The molecule has 1 fully saturated rings. The Morgan fingerprint density at radius 3 is 3.00 bits per heavy atom. The van der Waals surface area contributed by atoms with Gasteiger partial charge in [0.05, 0.1) is 11.7 Å². The predicted molar refractivity (Wildman–Crippen MR) is 102 cm³/mol.